The number of benzene rings is 3. The van der Waals surface area contributed by atoms with Gasteiger partial charge in [-0.1, -0.05) is 50.1 Å². The van der Waals surface area contributed by atoms with E-state index >= 15 is 0 Å². The zero-order valence-corrected chi connectivity index (χ0v) is 18.7. The summed E-state index contributed by atoms with van der Waals surface area (Å²) in [6.45, 7) is 0.0160. The predicted octanol–water partition coefficient (Wildman–Crippen LogP) is 6.48. The monoisotopic (exact) mass is 528 g/mol. The number of hydrogen-bond donors (Lipinski definition) is 1. The second-order valence-electron chi connectivity index (χ2n) is 6.19. The van der Waals surface area contributed by atoms with E-state index in [1.807, 2.05) is 6.07 Å². The van der Waals surface area contributed by atoms with Crippen molar-refractivity contribution < 1.29 is 13.9 Å². The van der Waals surface area contributed by atoms with Gasteiger partial charge in [0, 0.05) is 25.8 Å². The van der Waals surface area contributed by atoms with Crippen LogP contribution in [0.5, 0.6) is 5.75 Å². The van der Waals surface area contributed by atoms with E-state index in [1.165, 1.54) is 12.1 Å². The average molecular weight is 530 g/mol. The number of hydrogen-bond acceptors (Lipinski definition) is 3. The Labute approximate surface area is 190 Å². The highest BCUT2D eigenvalue weighted by Gasteiger charge is 2.12. The van der Waals surface area contributed by atoms with Gasteiger partial charge in [0.15, 0.2) is 0 Å². The first-order valence-electron chi connectivity index (χ1n) is 8.81. The first-order chi connectivity index (χ1) is 14.5. The van der Waals surface area contributed by atoms with E-state index in [-0.39, 0.29) is 18.0 Å². The molecule has 3 rings (SSSR count). The molecular weight excluding hydrogens is 515 g/mol. The summed E-state index contributed by atoms with van der Waals surface area (Å²) in [6, 6.07) is 20.4. The van der Waals surface area contributed by atoms with Crippen LogP contribution in [0, 0.1) is 17.1 Å². The number of anilines is 1. The number of nitrogens with one attached hydrogen (secondary N) is 1. The predicted molar refractivity (Wildman–Crippen MR) is 121 cm³/mol. The summed E-state index contributed by atoms with van der Waals surface area (Å²) in [5.41, 5.74) is 1.40. The molecule has 0 saturated heterocycles. The minimum absolute atomic E-state index is 0.0160. The van der Waals surface area contributed by atoms with Crippen LogP contribution in [-0.4, -0.2) is 5.91 Å². The molecule has 0 fully saturated rings. The van der Waals surface area contributed by atoms with Crippen molar-refractivity contribution in [2.45, 2.75) is 6.61 Å². The van der Waals surface area contributed by atoms with Gasteiger partial charge in [0.2, 0.25) is 0 Å². The van der Waals surface area contributed by atoms with Gasteiger partial charge >= 0.3 is 0 Å². The van der Waals surface area contributed by atoms with Gasteiger partial charge in [0.1, 0.15) is 29.8 Å². The third-order valence-electron chi connectivity index (χ3n) is 4.08. The zero-order valence-electron chi connectivity index (χ0n) is 15.5. The number of amides is 1. The Morgan fingerprint density at radius 3 is 2.47 bits per heavy atom. The maximum atomic E-state index is 13.9. The van der Waals surface area contributed by atoms with Gasteiger partial charge in [-0.25, -0.2) is 4.39 Å². The molecule has 3 aromatic rings. The Bertz CT molecular complexity index is 1140. The Balaban J connectivity index is 1.83. The van der Waals surface area contributed by atoms with Gasteiger partial charge in [-0.3, -0.25) is 4.79 Å². The third-order valence-corrected chi connectivity index (χ3v) is 5.10. The largest absolute Gasteiger partial charge is 0.488 e. The highest BCUT2D eigenvalue weighted by molar-refractivity contribution is 9.10. The van der Waals surface area contributed by atoms with E-state index in [9.17, 15) is 14.4 Å². The summed E-state index contributed by atoms with van der Waals surface area (Å²) >= 11 is 6.71. The lowest BCUT2D eigenvalue weighted by Crippen LogP contribution is -2.13. The summed E-state index contributed by atoms with van der Waals surface area (Å²) in [5, 5.41) is 12.2. The van der Waals surface area contributed by atoms with Crippen LogP contribution < -0.4 is 10.1 Å². The first kappa shape index (κ1) is 21.8. The number of nitrogens with zero attached hydrogens (tertiary/aromatic N) is 1. The van der Waals surface area contributed by atoms with Crippen molar-refractivity contribution in [3.63, 3.8) is 0 Å². The number of ether oxygens (including phenoxy) is 1. The molecule has 0 bridgehead atoms. The molecule has 0 radical (unpaired) electrons. The van der Waals surface area contributed by atoms with Crippen molar-refractivity contribution in [1.29, 1.82) is 5.26 Å². The Hall–Kier alpha value is -2.95. The number of rotatable bonds is 6. The SMILES string of the molecule is N#C/C(=C\c1cc(Br)ccc1OCc1ccccc1F)C(=O)Nc1ccc(Br)cc1. The molecule has 0 aliphatic rings. The average Bonchev–Trinajstić information content (AvgIpc) is 2.74. The maximum Gasteiger partial charge on any atom is 0.266 e. The van der Waals surface area contributed by atoms with E-state index in [0.29, 0.717) is 22.6 Å². The summed E-state index contributed by atoms with van der Waals surface area (Å²) < 4.78 is 21.2. The highest BCUT2D eigenvalue weighted by atomic mass is 79.9. The van der Waals surface area contributed by atoms with E-state index in [1.54, 1.807) is 60.7 Å². The van der Waals surface area contributed by atoms with E-state index < -0.39 is 5.91 Å². The van der Waals surface area contributed by atoms with Gasteiger partial charge in [0.25, 0.3) is 5.91 Å². The standard InChI is InChI=1S/C23H15Br2FN2O2/c24-18-5-8-20(9-6-18)28-23(29)17(13-27)11-16-12-19(25)7-10-22(16)30-14-15-3-1-2-4-21(15)26/h1-12H,14H2,(H,28,29)/b17-11+. The van der Waals surface area contributed by atoms with Crippen molar-refractivity contribution in [2.24, 2.45) is 0 Å². The number of halogens is 3. The van der Waals surface area contributed by atoms with Crippen LogP contribution in [0.4, 0.5) is 10.1 Å². The second-order valence-corrected chi connectivity index (χ2v) is 8.02. The zero-order chi connectivity index (χ0) is 21.5. The molecular formula is C23H15Br2FN2O2. The molecule has 0 unspecified atom stereocenters. The molecule has 1 amide bonds. The molecule has 7 heteroatoms. The molecule has 0 saturated carbocycles. The van der Waals surface area contributed by atoms with Crippen molar-refractivity contribution in [3.05, 3.63) is 98.2 Å². The Morgan fingerprint density at radius 1 is 1.07 bits per heavy atom. The smallest absolute Gasteiger partial charge is 0.266 e. The third kappa shape index (κ3) is 5.78. The topological polar surface area (TPSA) is 62.1 Å². The summed E-state index contributed by atoms with van der Waals surface area (Å²) in [5.74, 6) is -0.483. The van der Waals surface area contributed by atoms with Crippen molar-refractivity contribution in [1.82, 2.24) is 0 Å². The lowest BCUT2D eigenvalue weighted by atomic mass is 10.1. The van der Waals surface area contributed by atoms with E-state index in [2.05, 4.69) is 37.2 Å². The van der Waals surface area contributed by atoms with E-state index in [0.717, 1.165) is 8.95 Å². The number of carbonyl (C=O) groups is 1. The molecule has 150 valence electrons. The van der Waals surface area contributed by atoms with Gasteiger partial charge in [-0.2, -0.15) is 5.26 Å². The molecule has 1 N–H and O–H groups in total. The number of carbonyl (C=O) groups excluding carboxylic acids is 1. The Morgan fingerprint density at radius 2 is 1.77 bits per heavy atom. The molecule has 0 atom stereocenters. The van der Waals surface area contributed by atoms with Crippen molar-refractivity contribution >= 4 is 49.5 Å². The quantitative estimate of drug-likeness (QED) is 0.294. The highest BCUT2D eigenvalue weighted by Crippen LogP contribution is 2.27. The van der Waals surface area contributed by atoms with Crippen LogP contribution in [0.3, 0.4) is 0 Å². The van der Waals surface area contributed by atoms with Crippen LogP contribution in [0.15, 0.2) is 81.2 Å². The van der Waals surface area contributed by atoms with Crippen LogP contribution >= 0.6 is 31.9 Å². The fourth-order valence-electron chi connectivity index (χ4n) is 2.57. The van der Waals surface area contributed by atoms with Gasteiger partial charge < -0.3 is 10.1 Å². The van der Waals surface area contributed by atoms with Crippen LogP contribution in [0.25, 0.3) is 6.08 Å². The maximum absolute atomic E-state index is 13.9. The molecule has 3 aromatic carbocycles. The fraction of sp³-hybridized carbons (Fsp3) is 0.0435. The molecule has 0 heterocycles. The van der Waals surface area contributed by atoms with Crippen LogP contribution in [0.1, 0.15) is 11.1 Å². The lowest BCUT2D eigenvalue weighted by molar-refractivity contribution is -0.112. The fourth-order valence-corrected chi connectivity index (χ4v) is 3.21. The van der Waals surface area contributed by atoms with Gasteiger partial charge in [-0.05, 0) is 54.6 Å². The summed E-state index contributed by atoms with van der Waals surface area (Å²) in [4.78, 5) is 12.5. The first-order valence-corrected chi connectivity index (χ1v) is 10.4. The minimum Gasteiger partial charge on any atom is -0.488 e. The Kier molecular flexibility index (Phi) is 7.39. The van der Waals surface area contributed by atoms with Crippen LogP contribution in [0.2, 0.25) is 0 Å². The van der Waals surface area contributed by atoms with Crippen LogP contribution in [-0.2, 0) is 11.4 Å². The molecule has 0 aliphatic carbocycles. The second kappa shape index (κ2) is 10.2. The molecule has 0 spiro atoms. The normalized spacial score (nSPS) is 10.9. The minimum atomic E-state index is -0.542. The molecule has 4 nitrogen and oxygen atoms in total. The summed E-state index contributed by atoms with van der Waals surface area (Å²) in [6.07, 6.45) is 1.44. The molecule has 0 aliphatic heterocycles. The van der Waals surface area contributed by atoms with Crippen molar-refractivity contribution in [3.8, 4) is 11.8 Å². The van der Waals surface area contributed by atoms with Crippen molar-refractivity contribution in [2.75, 3.05) is 5.32 Å². The molecule has 0 aromatic heterocycles. The molecule has 30 heavy (non-hydrogen) atoms. The summed E-state index contributed by atoms with van der Waals surface area (Å²) in [7, 11) is 0. The van der Waals surface area contributed by atoms with Gasteiger partial charge in [0.05, 0.1) is 0 Å². The number of nitriles is 1. The lowest BCUT2D eigenvalue weighted by Gasteiger charge is -2.11. The van der Waals surface area contributed by atoms with E-state index in [4.69, 9.17) is 4.74 Å². The van der Waals surface area contributed by atoms with Gasteiger partial charge in [-0.15, -0.1) is 0 Å².